The van der Waals surface area contributed by atoms with Crippen molar-refractivity contribution in [3.8, 4) is 0 Å². The summed E-state index contributed by atoms with van der Waals surface area (Å²) in [5.74, 6) is -2.55. The second-order valence-corrected chi connectivity index (χ2v) is 6.51. The minimum Gasteiger partial charge on any atom is -0.469 e. The van der Waals surface area contributed by atoms with Crippen LogP contribution in [0.3, 0.4) is 0 Å². The molecule has 0 radical (unpaired) electrons. The van der Waals surface area contributed by atoms with Gasteiger partial charge in [-0.3, -0.25) is 19.2 Å². The zero-order chi connectivity index (χ0) is 21.6. The average Bonchev–Trinajstić information content (AvgIpc) is 2.98. The van der Waals surface area contributed by atoms with Crippen molar-refractivity contribution < 1.29 is 42.9 Å². The number of hydrogen-bond donors (Lipinski definition) is 0. The molecule has 0 unspecified atom stereocenters. The van der Waals surface area contributed by atoms with Crippen molar-refractivity contribution in [3.05, 3.63) is 35.9 Å². The first-order valence-corrected chi connectivity index (χ1v) is 9.01. The quantitative estimate of drug-likeness (QED) is 0.489. The zero-order valence-corrected chi connectivity index (χ0v) is 16.7. The van der Waals surface area contributed by atoms with E-state index in [-0.39, 0.29) is 6.42 Å². The fraction of sp³-hybridized carbons (Fsp3) is 0.500. The van der Waals surface area contributed by atoms with Gasteiger partial charge in [0.15, 0.2) is 12.2 Å². The summed E-state index contributed by atoms with van der Waals surface area (Å²) in [4.78, 5) is 46.9. The van der Waals surface area contributed by atoms with E-state index in [1.165, 1.54) is 27.9 Å². The van der Waals surface area contributed by atoms with E-state index in [1.807, 2.05) is 0 Å². The van der Waals surface area contributed by atoms with Crippen LogP contribution in [0.4, 0.5) is 0 Å². The van der Waals surface area contributed by atoms with Gasteiger partial charge in [0.05, 0.1) is 13.5 Å². The summed E-state index contributed by atoms with van der Waals surface area (Å²) in [5.41, 5.74) is 0.665. The van der Waals surface area contributed by atoms with Gasteiger partial charge in [0.25, 0.3) is 0 Å². The van der Waals surface area contributed by atoms with Gasteiger partial charge in [-0.15, -0.1) is 0 Å². The van der Waals surface area contributed by atoms with Crippen LogP contribution >= 0.6 is 0 Å². The lowest BCUT2D eigenvalue weighted by molar-refractivity contribution is -0.172. The number of hydrogen-bond acceptors (Lipinski definition) is 9. The van der Waals surface area contributed by atoms with E-state index >= 15 is 0 Å². The van der Waals surface area contributed by atoms with Crippen molar-refractivity contribution in [2.24, 2.45) is 0 Å². The van der Waals surface area contributed by atoms with Crippen LogP contribution in [-0.2, 0) is 42.9 Å². The predicted octanol–water partition coefficient (Wildman–Crippen LogP) is 1.48. The van der Waals surface area contributed by atoms with Crippen LogP contribution in [0.1, 0.15) is 38.9 Å². The Balaban J connectivity index is 2.45. The monoisotopic (exact) mass is 408 g/mol. The normalized spacial score (nSPS) is 24.3. The van der Waals surface area contributed by atoms with E-state index in [2.05, 4.69) is 4.74 Å². The summed E-state index contributed by atoms with van der Waals surface area (Å²) in [6.07, 6.45) is -5.40. The third-order valence-electron chi connectivity index (χ3n) is 4.26. The molecule has 1 aromatic carbocycles. The Morgan fingerprint density at radius 3 is 2.03 bits per heavy atom. The van der Waals surface area contributed by atoms with Crippen molar-refractivity contribution in [2.45, 2.75) is 57.7 Å². The first kappa shape index (κ1) is 22.4. The van der Waals surface area contributed by atoms with E-state index in [0.717, 1.165) is 0 Å². The molecule has 9 heteroatoms. The number of carbonyl (C=O) groups excluding carboxylic acids is 4. The van der Waals surface area contributed by atoms with Gasteiger partial charge in [-0.2, -0.15) is 0 Å². The molecule has 0 N–H and O–H groups in total. The van der Waals surface area contributed by atoms with Crippen LogP contribution in [-0.4, -0.2) is 55.4 Å². The molecule has 1 heterocycles. The second-order valence-electron chi connectivity index (χ2n) is 6.51. The maximum absolute atomic E-state index is 11.8. The molecular weight excluding hydrogens is 384 g/mol. The Morgan fingerprint density at radius 1 is 0.931 bits per heavy atom. The Morgan fingerprint density at radius 2 is 1.52 bits per heavy atom. The van der Waals surface area contributed by atoms with Crippen molar-refractivity contribution in [2.75, 3.05) is 7.11 Å². The molecule has 0 spiro atoms. The van der Waals surface area contributed by atoms with Crippen LogP contribution in [0.5, 0.6) is 0 Å². The molecule has 1 aliphatic rings. The van der Waals surface area contributed by atoms with Gasteiger partial charge < -0.3 is 23.7 Å². The minimum absolute atomic E-state index is 0.327. The lowest BCUT2D eigenvalue weighted by Gasteiger charge is -2.27. The van der Waals surface area contributed by atoms with Gasteiger partial charge >= 0.3 is 23.9 Å². The summed E-state index contributed by atoms with van der Waals surface area (Å²) >= 11 is 0. The van der Waals surface area contributed by atoms with Crippen LogP contribution in [0.25, 0.3) is 0 Å². The molecule has 158 valence electrons. The highest BCUT2D eigenvalue weighted by molar-refractivity contribution is 5.72. The van der Waals surface area contributed by atoms with Gasteiger partial charge in [0, 0.05) is 20.8 Å². The molecule has 1 fully saturated rings. The summed E-state index contributed by atoms with van der Waals surface area (Å²) in [6, 6.07) is 8.87. The average molecular weight is 408 g/mol. The zero-order valence-electron chi connectivity index (χ0n) is 16.7. The Kier molecular flexibility index (Phi) is 7.72. The number of methoxy groups -OCH3 is 1. The fourth-order valence-corrected chi connectivity index (χ4v) is 3.23. The van der Waals surface area contributed by atoms with Crippen LogP contribution in [0.15, 0.2) is 30.3 Å². The maximum atomic E-state index is 11.8. The fourth-order valence-electron chi connectivity index (χ4n) is 3.23. The highest BCUT2D eigenvalue weighted by Crippen LogP contribution is 2.40. The van der Waals surface area contributed by atoms with Crippen molar-refractivity contribution >= 4 is 23.9 Å². The van der Waals surface area contributed by atoms with E-state index in [1.54, 1.807) is 30.3 Å². The molecule has 0 aliphatic carbocycles. The van der Waals surface area contributed by atoms with E-state index in [0.29, 0.717) is 5.56 Å². The van der Waals surface area contributed by atoms with Gasteiger partial charge in [-0.05, 0) is 5.56 Å². The molecular formula is C20H24O9. The maximum Gasteiger partial charge on any atom is 0.309 e. The Labute approximate surface area is 168 Å². The Hall–Kier alpha value is -2.94. The van der Waals surface area contributed by atoms with Crippen molar-refractivity contribution in [1.82, 2.24) is 0 Å². The van der Waals surface area contributed by atoms with Gasteiger partial charge in [-0.25, -0.2) is 0 Å². The minimum atomic E-state index is -1.11. The first-order chi connectivity index (χ1) is 13.7. The van der Waals surface area contributed by atoms with Crippen molar-refractivity contribution in [3.63, 3.8) is 0 Å². The molecule has 9 nitrogen and oxygen atoms in total. The third kappa shape index (κ3) is 6.02. The molecule has 1 aliphatic heterocycles. The number of rotatable bonds is 7. The molecule has 0 amide bonds. The van der Waals surface area contributed by atoms with E-state index in [9.17, 15) is 19.2 Å². The second kappa shape index (κ2) is 10.0. The summed E-state index contributed by atoms with van der Waals surface area (Å²) in [7, 11) is 1.20. The molecule has 1 aromatic rings. The van der Waals surface area contributed by atoms with Crippen molar-refractivity contribution in [1.29, 1.82) is 0 Å². The van der Waals surface area contributed by atoms with Crippen LogP contribution < -0.4 is 0 Å². The van der Waals surface area contributed by atoms with E-state index < -0.39 is 54.4 Å². The number of esters is 4. The highest BCUT2D eigenvalue weighted by Gasteiger charge is 2.53. The molecule has 0 saturated carbocycles. The SMILES string of the molecule is COC(=O)C[C@@H](OC(C)=O)[C@@H]1O[C@H](c2ccccc2)[C@@H](OC(C)=O)[C@@H]1OC(C)=O. The first-order valence-electron chi connectivity index (χ1n) is 9.01. The predicted molar refractivity (Wildman–Crippen MR) is 97.4 cm³/mol. The molecule has 0 aromatic heterocycles. The van der Waals surface area contributed by atoms with E-state index in [4.69, 9.17) is 18.9 Å². The highest BCUT2D eigenvalue weighted by atomic mass is 16.7. The van der Waals surface area contributed by atoms with Gasteiger partial charge in [-0.1, -0.05) is 30.3 Å². The molecule has 0 bridgehead atoms. The standard InChI is InChI=1S/C20H24O9/c1-11(21)26-15(10-16(24)25-4)18-20(28-13(3)23)19(27-12(2)22)17(29-18)14-8-6-5-7-9-14/h5-9,15,17-20H,10H2,1-4H3/t15-,17-,18+,19-,20-/m1/s1. The number of carbonyl (C=O) groups is 4. The largest absolute Gasteiger partial charge is 0.469 e. The third-order valence-corrected chi connectivity index (χ3v) is 4.26. The molecule has 1 saturated heterocycles. The lowest BCUT2D eigenvalue weighted by Crippen LogP contribution is -2.45. The summed E-state index contributed by atoms with van der Waals surface area (Å²) < 4.78 is 26.8. The smallest absolute Gasteiger partial charge is 0.309 e. The van der Waals surface area contributed by atoms with Crippen LogP contribution in [0.2, 0.25) is 0 Å². The lowest BCUT2D eigenvalue weighted by atomic mass is 9.98. The Bertz CT molecular complexity index is 746. The molecule has 29 heavy (non-hydrogen) atoms. The van der Waals surface area contributed by atoms with Gasteiger partial charge in [0.1, 0.15) is 18.3 Å². The topological polar surface area (TPSA) is 114 Å². The summed E-state index contributed by atoms with van der Waals surface area (Å²) in [5, 5.41) is 0. The summed E-state index contributed by atoms with van der Waals surface area (Å²) in [6.45, 7) is 3.59. The van der Waals surface area contributed by atoms with Crippen LogP contribution in [0, 0.1) is 0 Å². The molecule has 5 atom stereocenters. The number of ether oxygens (including phenoxy) is 5. The van der Waals surface area contributed by atoms with Gasteiger partial charge in [0.2, 0.25) is 0 Å². The molecule has 2 rings (SSSR count). The number of benzene rings is 1.